The number of carbonyl (C=O) groups excluding carboxylic acids is 3. The van der Waals surface area contributed by atoms with E-state index in [0.717, 1.165) is 35.0 Å². The predicted molar refractivity (Wildman–Crippen MR) is 139 cm³/mol. The molecule has 200 valence electrons. The van der Waals surface area contributed by atoms with Crippen LogP contribution in [-0.4, -0.2) is 49.9 Å². The van der Waals surface area contributed by atoms with Gasteiger partial charge in [0.2, 0.25) is 17.7 Å². The highest BCUT2D eigenvalue weighted by Gasteiger charge is 2.37. The molecule has 10 heteroatoms. The number of hydroxylamine groups is 1. The van der Waals surface area contributed by atoms with Crippen LogP contribution in [0.5, 0.6) is 0 Å². The minimum Gasteiger partial charge on any atom is -0.479 e. The zero-order valence-electron chi connectivity index (χ0n) is 21.0. The van der Waals surface area contributed by atoms with Crippen molar-refractivity contribution in [3.05, 3.63) is 71.4 Å². The van der Waals surface area contributed by atoms with Crippen LogP contribution >= 0.6 is 0 Å². The van der Waals surface area contributed by atoms with Gasteiger partial charge in [0, 0.05) is 35.9 Å². The Morgan fingerprint density at radius 1 is 0.947 bits per heavy atom. The van der Waals surface area contributed by atoms with Crippen LogP contribution in [0.3, 0.4) is 0 Å². The number of para-hydroxylation sites is 1. The molecule has 0 saturated carbocycles. The third-order valence-corrected chi connectivity index (χ3v) is 6.96. The van der Waals surface area contributed by atoms with Crippen molar-refractivity contribution < 1.29 is 29.5 Å². The molecule has 0 radical (unpaired) electrons. The number of amides is 3. The van der Waals surface area contributed by atoms with E-state index < -0.39 is 29.9 Å². The fourth-order valence-corrected chi connectivity index (χ4v) is 4.99. The quantitative estimate of drug-likeness (QED) is 0.149. The molecule has 1 aliphatic heterocycles. The van der Waals surface area contributed by atoms with Crippen molar-refractivity contribution in [2.24, 2.45) is 0 Å². The van der Waals surface area contributed by atoms with E-state index >= 15 is 0 Å². The third kappa shape index (κ3) is 6.20. The van der Waals surface area contributed by atoms with E-state index in [1.54, 1.807) is 35.8 Å². The lowest BCUT2D eigenvalue weighted by Gasteiger charge is -2.35. The molecule has 0 aliphatic carbocycles. The first-order valence-corrected chi connectivity index (χ1v) is 12.8. The topological polar surface area (TPSA) is 152 Å². The van der Waals surface area contributed by atoms with Gasteiger partial charge < -0.3 is 20.3 Å². The Balaban J connectivity index is 1.50. The Labute approximate surface area is 220 Å². The number of carboxylic acid groups (broad SMARTS) is 1. The SMILES string of the molecule is O=C(CCCCCCC(=O)N1Cc2[nH]c3ccccc3c2C[C@H]1C(=O)N[C@H](C(=O)O)c1ccccc1)NO. The summed E-state index contributed by atoms with van der Waals surface area (Å²) in [5.41, 5.74) is 4.80. The smallest absolute Gasteiger partial charge is 0.330 e. The monoisotopic (exact) mass is 520 g/mol. The number of carboxylic acids is 1. The van der Waals surface area contributed by atoms with Crippen LogP contribution in [0.4, 0.5) is 0 Å². The number of rotatable bonds is 11. The molecule has 3 amide bonds. The van der Waals surface area contributed by atoms with E-state index in [2.05, 4.69) is 10.3 Å². The molecule has 0 fully saturated rings. The predicted octanol–water partition coefficient (Wildman–Crippen LogP) is 3.21. The number of fused-ring (bicyclic) bond motifs is 3. The van der Waals surface area contributed by atoms with Gasteiger partial charge in [-0.3, -0.25) is 19.6 Å². The summed E-state index contributed by atoms with van der Waals surface area (Å²) in [6.45, 7) is 0.223. The summed E-state index contributed by atoms with van der Waals surface area (Å²) in [5.74, 6) is -2.32. The van der Waals surface area contributed by atoms with Crippen LogP contribution in [0.25, 0.3) is 10.9 Å². The molecule has 0 unspecified atom stereocenters. The maximum atomic E-state index is 13.5. The van der Waals surface area contributed by atoms with Crippen LogP contribution in [0.2, 0.25) is 0 Å². The molecule has 2 heterocycles. The average molecular weight is 521 g/mol. The third-order valence-electron chi connectivity index (χ3n) is 6.96. The average Bonchev–Trinajstić information content (AvgIpc) is 3.30. The lowest BCUT2D eigenvalue weighted by molar-refractivity contribution is -0.145. The maximum absolute atomic E-state index is 13.5. The zero-order chi connectivity index (χ0) is 27.1. The lowest BCUT2D eigenvalue weighted by atomic mass is 9.94. The molecule has 1 aromatic heterocycles. The summed E-state index contributed by atoms with van der Waals surface area (Å²) < 4.78 is 0. The minimum absolute atomic E-state index is 0.186. The number of benzene rings is 2. The summed E-state index contributed by atoms with van der Waals surface area (Å²) in [4.78, 5) is 54.9. The van der Waals surface area contributed by atoms with Crippen molar-refractivity contribution in [3.8, 4) is 0 Å². The van der Waals surface area contributed by atoms with E-state index in [4.69, 9.17) is 5.21 Å². The Hall–Kier alpha value is -4.18. The highest BCUT2D eigenvalue weighted by Crippen LogP contribution is 2.31. The number of hydrogen-bond donors (Lipinski definition) is 5. The fourth-order valence-electron chi connectivity index (χ4n) is 4.99. The van der Waals surface area contributed by atoms with Crippen molar-refractivity contribution in [3.63, 3.8) is 0 Å². The summed E-state index contributed by atoms with van der Waals surface area (Å²) >= 11 is 0. The van der Waals surface area contributed by atoms with Gasteiger partial charge in [0.05, 0.1) is 6.54 Å². The summed E-state index contributed by atoms with van der Waals surface area (Å²) in [7, 11) is 0. The van der Waals surface area contributed by atoms with Crippen molar-refractivity contribution in [2.45, 2.75) is 63.6 Å². The van der Waals surface area contributed by atoms with Crippen LogP contribution < -0.4 is 10.8 Å². The van der Waals surface area contributed by atoms with Crippen LogP contribution in [0.15, 0.2) is 54.6 Å². The number of nitrogens with zero attached hydrogens (tertiary/aromatic N) is 1. The number of aromatic amines is 1. The first-order chi connectivity index (χ1) is 18.4. The van der Waals surface area contributed by atoms with Gasteiger partial charge in [-0.2, -0.15) is 0 Å². The molecule has 2 atom stereocenters. The van der Waals surface area contributed by atoms with Gasteiger partial charge in [-0.05, 0) is 30.0 Å². The Morgan fingerprint density at radius 2 is 1.63 bits per heavy atom. The van der Waals surface area contributed by atoms with E-state index in [-0.39, 0.29) is 31.7 Å². The van der Waals surface area contributed by atoms with E-state index in [9.17, 15) is 24.3 Å². The summed E-state index contributed by atoms with van der Waals surface area (Å²) in [5, 5.41) is 22.0. The van der Waals surface area contributed by atoms with Crippen molar-refractivity contribution in [1.29, 1.82) is 0 Å². The molecule has 2 aromatic carbocycles. The number of H-pyrrole nitrogens is 1. The van der Waals surface area contributed by atoms with E-state index in [0.29, 0.717) is 18.4 Å². The minimum atomic E-state index is -1.24. The second-order valence-electron chi connectivity index (χ2n) is 9.51. The van der Waals surface area contributed by atoms with Crippen molar-refractivity contribution in [1.82, 2.24) is 20.7 Å². The highest BCUT2D eigenvalue weighted by molar-refractivity contribution is 5.93. The molecule has 3 aromatic rings. The Kier molecular flexibility index (Phi) is 8.75. The largest absolute Gasteiger partial charge is 0.479 e. The second kappa shape index (κ2) is 12.4. The molecule has 38 heavy (non-hydrogen) atoms. The molecule has 10 nitrogen and oxygen atoms in total. The van der Waals surface area contributed by atoms with Gasteiger partial charge in [-0.15, -0.1) is 0 Å². The normalized spacial score (nSPS) is 15.5. The molecule has 0 bridgehead atoms. The van der Waals surface area contributed by atoms with Crippen LogP contribution in [-0.2, 0) is 32.1 Å². The van der Waals surface area contributed by atoms with E-state index in [1.807, 2.05) is 24.3 Å². The first-order valence-electron chi connectivity index (χ1n) is 12.8. The molecule has 0 spiro atoms. The van der Waals surface area contributed by atoms with Crippen molar-refractivity contribution >= 4 is 34.6 Å². The molecular formula is C28H32N4O6. The van der Waals surface area contributed by atoms with Crippen LogP contribution in [0.1, 0.15) is 61.4 Å². The molecule has 1 aliphatic rings. The molecule has 0 saturated heterocycles. The number of nitrogens with one attached hydrogen (secondary N) is 3. The summed E-state index contributed by atoms with van der Waals surface area (Å²) in [6.07, 6.45) is 3.36. The molecular weight excluding hydrogens is 488 g/mol. The number of aliphatic carboxylic acids is 1. The first kappa shape index (κ1) is 26.9. The summed E-state index contributed by atoms with van der Waals surface area (Å²) in [6, 6.07) is 14.1. The zero-order valence-corrected chi connectivity index (χ0v) is 21.0. The fraction of sp³-hybridized carbons (Fsp3) is 0.357. The molecule has 5 N–H and O–H groups in total. The van der Waals surface area contributed by atoms with E-state index in [1.165, 1.54) is 4.90 Å². The van der Waals surface area contributed by atoms with Gasteiger partial charge in [0.1, 0.15) is 6.04 Å². The van der Waals surface area contributed by atoms with Gasteiger partial charge in [0.25, 0.3) is 0 Å². The van der Waals surface area contributed by atoms with Crippen molar-refractivity contribution in [2.75, 3.05) is 0 Å². The highest BCUT2D eigenvalue weighted by atomic mass is 16.5. The molecule has 4 rings (SSSR count). The Bertz CT molecular complexity index is 1310. The Morgan fingerprint density at radius 3 is 2.34 bits per heavy atom. The second-order valence-corrected chi connectivity index (χ2v) is 9.51. The van der Waals surface area contributed by atoms with Gasteiger partial charge >= 0.3 is 5.97 Å². The van der Waals surface area contributed by atoms with Crippen LogP contribution in [0, 0.1) is 0 Å². The van der Waals surface area contributed by atoms with Gasteiger partial charge in [-0.25, -0.2) is 10.3 Å². The standard InChI is InChI=1S/C28H32N4O6/c33-24(31-38)14-6-1-2-7-15-25(34)32-17-22-20(19-12-8-9-13-21(19)29-22)16-23(32)27(35)30-26(28(36)37)18-10-4-3-5-11-18/h3-5,8-13,23,26,29,38H,1-2,6-7,14-17H2,(H,30,35)(H,31,33)(H,36,37)/t23-,26-/m0/s1. The number of aromatic nitrogens is 1. The number of carbonyl (C=O) groups is 4. The van der Waals surface area contributed by atoms with Gasteiger partial charge in [-0.1, -0.05) is 61.4 Å². The number of unbranched alkanes of at least 4 members (excludes halogenated alkanes) is 3. The van der Waals surface area contributed by atoms with Gasteiger partial charge in [0.15, 0.2) is 6.04 Å². The number of hydrogen-bond acceptors (Lipinski definition) is 5. The lowest BCUT2D eigenvalue weighted by Crippen LogP contribution is -2.53. The maximum Gasteiger partial charge on any atom is 0.330 e.